The Balaban J connectivity index is 0.000000239. The quantitative estimate of drug-likeness (QED) is 0.0145. The van der Waals surface area contributed by atoms with Gasteiger partial charge in [0.05, 0.1) is 69.6 Å². The minimum Gasteiger partial charge on any atom is -1.00 e. The van der Waals surface area contributed by atoms with Crippen LogP contribution in [0, 0.1) is 0 Å². The second-order valence-electron chi connectivity index (χ2n) is 26.8. The molecule has 8 aromatic carbocycles. The fraction of sp³-hybridized carbons (Fsp3) is 0.269. The van der Waals surface area contributed by atoms with Crippen LogP contribution in [0.4, 0.5) is 39.5 Å². The molecule has 0 atom stereocenters. The first kappa shape index (κ1) is 92.5. The van der Waals surface area contributed by atoms with Crippen LogP contribution in [0.25, 0.3) is 33.4 Å². The summed E-state index contributed by atoms with van der Waals surface area (Å²) in [5, 5.41) is 28.6. The maximum absolute atomic E-state index is 13.0. The van der Waals surface area contributed by atoms with Gasteiger partial charge < -0.3 is 99.7 Å². The number of aromatic nitrogens is 9. The summed E-state index contributed by atoms with van der Waals surface area (Å²) < 4.78 is 155. The number of nitrogens with zero attached hydrogens (tertiary/aromatic N) is 11. The van der Waals surface area contributed by atoms with Crippen LogP contribution in [0.3, 0.4) is 0 Å². The minimum absolute atomic E-state index is 0. The van der Waals surface area contributed by atoms with Gasteiger partial charge in [0.15, 0.2) is 5.03 Å². The number of aromatic amines is 1. The largest absolute Gasteiger partial charge is 1.00 e. The standard InChI is InChI=1S/C29H30F3N4O4S.C28H27F3N4O4S.C21H21F3N4O3S.2HI/c1-36(2,3)17-18-39-28(37)26-27(35(34-33-26)19-20-5-11-23(38-4)12-6-20)41-25-15-9-22(10-16-25)21-7-13-24(14-8-21)40-29(30,31)32;1-34(2)16-17-38-27(36)25-26(35(33-32-25)18-19-4-10-22(37-3)11-5-19)40-24-14-8-21(9-15-24)20-6-12-23(13-7-20)39-28(29,30)31;1-28(2,3)12-13-30-20(29)18-19(26-27-25-18)32-17-10-6-15(7-11-17)14-4-8-16(9-5-14)31-21(22,23)24;;/h5-16H,17-19H2,1-4H3;4-15H,16-18H2,1-3H3;4-11H,12-13H2,1-3H3;2*1H/q+1;;;;/p-1. The van der Waals surface area contributed by atoms with E-state index < -0.39 is 37.0 Å². The molecular weight excluding hydrogens is 1800 g/mol. The van der Waals surface area contributed by atoms with Gasteiger partial charge in [-0.25, -0.2) is 23.7 Å². The summed E-state index contributed by atoms with van der Waals surface area (Å²) in [6.45, 7) is 3.32. The Morgan fingerprint density at radius 2 is 0.687 bits per heavy atom. The number of carbonyl (C=O) groups excluding carboxylic acids is 3. The fourth-order valence-electron chi connectivity index (χ4n) is 9.89. The molecule has 0 saturated carbocycles. The Labute approximate surface area is 703 Å². The second kappa shape index (κ2) is 42.3. The van der Waals surface area contributed by atoms with E-state index in [2.05, 4.69) is 50.2 Å². The highest BCUT2D eigenvalue weighted by Crippen LogP contribution is 2.37. The molecule has 0 aliphatic rings. The number of hydrogen-bond donors (Lipinski definition) is 1. The number of hydrogen-bond acceptors (Lipinski definition) is 21. The van der Waals surface area contributed by atoms with Crippen LogP contribution in [0.2, 0.25) is 0 Å². The molecule has 0 unspecified atom stereocenters. The monoisotopic (exact) mass is 1880 g/mol. The van der Waals surface area contributed by atoms with E-state index in [4.69, 9.17) is 23.7 Å². The lowest BCUT2D eigenvalue weighted by Gasteiger charge is -2.23. The molecule has 0 spiro atoms. The normalized spacial score (nSPS) is 11.5. The number of methoxy groups -OCH3 is 2. The van der Waals surface area contributed by atoms with Crippen LogP contribution in [0.15, 0.2) is 224 Å². The van der Waals surface area contributed by atoms with E-state index in [1.807, 2.05) is 183 Å². The molecule has 3 aromatic heterocycles. The van der Waals surface area contributed by atoms with Gasteiger partial charge in [-0.15, -0.1) is 59.9 Å². The number of nitrogens with one attached hydrogen (secondary N) is 1. The Bertz CT molecular complexity index is 4890. The Hall–Kier alpha value is -9.65. The lowest BCUT2D eigenvalue weighted by atomic mass is 10.1. The number of ether oxygens (including phenoxy) is 8. The van der Waals surface area contributed by atoms with Crippen molar-refractivity contribution in [2.45, 2.75) is 61.9 Å². The van der Waals surface area contributed by atoms with Gasteiger partial charge in [-0.3, -0.25) is 0 Å². The van der Waals surface area contributed by atoms with Gasteiger partial charge in [-0.2, -0.15) is 5.21 Å². The lowest BCUT2D eigenvalue weighted by molar-refractivity contribution is -0.870. The highest BCUT2D eigenvalue weighted by atomic mass is 127. The van der Waals surface area contributed by atoms with Crippen LogP contribution in [-0.2, 0) is 27.3 Å². The molecular formula is C78H79F9I2N12O11S3. The summed E-state index contributed by atoms with van der Waals surface area (Å²) in [5.74, 6) is -1.07. The molecule has 0 radical (unpaired) electrons. The van der Waals surface area contributed by atoms with Gasteiger partial charge in [0.25, 0.3) is 0 Å². The van der Waals surface area contributed by atoms with Crippen molar-refractivity contribution < 1.29 is 149 Å². The molecule has 612 valence electrons. The van der Waals surface area contributed by atoms with Crippen molar-refractivity contribution in [2.24, 2.45) is 0 Å². The first-order valence-corrected chi connectivity index (χ1v) is 36.7. The summed E-state index contributed by atoms with van der Waals surface area (Å²) in [4.78, 5) is 42.5. The van der Waals surface area contributed by atoms with E-state index in [9.17, 15) is 53.9 Å². The third-order valence-corrected chi connectivity index (χ3v) is 18.9. The van der Waals surface area contributed by atoms with Crippen LogP contribution in [0.5, 0.6) is 28.7 Å². The van der Waals surface area contributed by atoms with Gasteiger partial charge in [0, 0.05) is 21.2 Å². The fourth-order valence-corrected chi connectivity index (χ4v) is 12.5. The maximum Gasteiger partial charge on any atom is 0.573 e. The van der Waals surface area contributed by atoms with Crippen molar-refractivity contribution in [1.29, 1.82) is 0 Å². The molecule has 11 aromatic rings. The van der Waals surface area contributed by atoms with Gasteiger partial charge in [-0.1, -0.05) is 143 Å². The zero-order valence-electron chi connectivity index (χ0n) is 63.4. The molecule has 0 aliphatic carbocycles. The molecule has 37 heteroatoms. The number of quaternary nitrogens is 2. The molecule has 0 amide bonds. The van der Waals surface area contributed by atoms with Gasteiger partial charge in [-0.05, 0) is 156 Å². The summed E-state index contributed by atoms with van der Waals surface area (Å²) in [7, 11) is 19.0. The van der Waals surface area contributed by atoms with E-state index in [-0.39, 0.29) is 102 Å². The van der Waals surface area contributed by atoms with E-state index in [0.717, 1.165) is 70.7 Å². The minimum atomic E-state index is -4.74. The Morgan fingerprint density at radius 3 is 0.983 bits per heavy atom. The summed E-state index contributed by atoms with van der Waals surface area (Å²) in [6.07, 6.45) is -14.2. The predicted octanol–water partition coefficient (Wildman–Crippen LogP) is 10.1. The number of halogens is 11. The first-order chi connectivity index (χ1) is 53.5. The topological polar surface area (TPSA) is 231 Å². The number of benzene rings is 8. The van der Waals surface area contributed by atoms with Crippen molar-refractivity contribution >= 4 is 53.2 Å². The maximum atomic E-state index is 13.0. The van der Waals surface area contributed by atoms with Crippen molar-refractivity contribution in [1.82, 2.24) is 50.3 Å². The number of alkyl halides is 9. The molecule has 11 rings (SSSR count). The molecule has 0 aliphatic heterocycles. The van der Waals surface area contributed by atoms with Crippen LogP contribution in [0.1, 0.15) is 42.6 Å². The third-order valence-electron chi connectivity index (χ3n) is 15.7. The number of carbonyl (C=O) groups is 3. The third kappa shape index (κ3) is 30.5. The van der Waals surface area contributed by atoms with Gasteiger partial charge in [0.1, 0.15) is 71.7 Å². The Kier molecular flexibility index (Phi) is 34.0. The summed E-state index contributed by atoms with van der Waals surface area (Å²) in [5.41, 5.74) is 6.83. The van der Waals surface area contributed by atoms with E-state index >= 15 is 0 Å². The first-order valence-electron chi connectivity index (χ1n) is 34.2. The van der Waals surface area contributed by atoms with Crippen LogP contribution < -0.4 is 71.6 Å². The summed E-state index contributed by atoms with van der Waals surface area (Å²) >= 11 is 3.88. The number of H-pyrrole nitrogens is 1. The zero-order chi connectivity index (χ0) is 81.7. The molecule has 115 heavy (non-hydrogen) atoms. The lowest BCUT2D eigenvalue weighted by Crippen LogP contribution is -3.00. The Morgan fingerprint density at radius 1 is 0.400 bits per heavy atom. The van der Waals surface area contributed by atoms with Gasteiger partial charge in [0.2, 0.25) is 17.1 Å². The van der Waals surface area contributed by atoms with E-state index in [0.29, 0.717) is 56.8 Å². The van der Waals surface area contributed by atoms with E-state index in [1.54, 1.807) is 60.0 Å². The van der Waals surface area contributed by atoms with Crippen molar-refractivity contribution in [3.63, 3.8) is 0 Å². The molecule has 23 nitrogen and oxygen atoms in total. The number of likely N-dealkylation sites (N-methyl/N-ethyl adjacent to an activating group) is 3. The average Bonchev–Trinajstić information content (AvgIpc) is 1.70. The predicted molar refractivity (Wildman–Crippen MR) is 404 cm³/mol. The SMILES string of the molecule is COc1ccc(Cn2nnc(C(=O)OCCN(C)C)c2Sc2ccc(-c3ccc(OC(F)(F)F)cc3)cc2)cc1.COc1ccc(Cn2nnc(C(=O)OCC[N+](C)(C)C)c2Sc2ccc(-c3ccc(OC(F)(F)F)cc3)cc2)cc1.C[N+](C)(C)CCOC(=O)c1n[nH]nc1Sc1ccc(-c2ccc(OC(F)(F)F)cc2)cc1.[I-].[I-]. The van der Waals surface area contributed by atoms with Crippen LogP contribution in [-0.4, -0.2) is 206 Å². The highest BCUT2D eigenvalue weighted by molar-refractivity contribution is 7.99. The van der Waals surface area contributed by atoms with Gasteiger partial charge >= 0.3 is 37.0 Å². The highest BCUT2D eigenvalue weighted by Gasteiger charge is 2.34. The zero-order valence-corrected chi connectivity index (χ0v) is 70.2. The number of rotatable bonds is 30. The van der Waals surface area contributed by atoms with Crippen molar-refractivity contribution in [2.75, 3.05) is 110 Å². The molecule has 0 saturated heterocycles. The molecule has 1 N–H and O–H groups in total. The second-order valence-corrected chi connectivity index (χ2v) is 30.0. The summed E-state index contributed by atoms with van der Waals surface area (Å²) in [6, 6.07) is 54.0. The molecule has 0 fully saturated rings. The smallest absolute Gasteiger partial charge is 0.573 e. The molecule has 0 bridgehead atoms. The van der Waals surface area contributed by atoms with E-state index in [1.165, 1.54) is 71.7 Å². The van der Waals surface area contributed by atoms with Crippen LogP contribution >= 0.6 is 35.3 Å². The van der Waals surface area contributed by atoms with Crippen molar-refractivity contribution in [3.05, 3.63) is 222 Å². The molecule has 3 heterocycles. The number of esters is 3. The average molecular weight is 1880 g/mol. The van der Waals surface area contributed by atoms with Crippen molar-refractivity contribution in [3.8, 4) is 62.1 Å².